The molecule has 10 N–H and O–H groups in total. The van der Waals surface area contributed by atoms with E-state index < -0.39 is 25.1 Å². The van der Waals surface area contributed by atoms with Crippen LogP contribution in [0.5, 0.6) is 57.5 Å². The summed E-state index contributed by atoms with van der Waals surface area (Å²) >= 11 is 51.8. The number of esters is 2. The molecule has 45 heteroatoms. The van der Waals surface area contributed by atoms with Crippen LogP contribution in [-0.4, -0.2) is 152 Å². The average molecular weight is 1840 g/mol. The first kappa shape index (κ1) is 113. The van der Waals surface area contributed by atoms with E-state index in [0.29, 0.717) is 94.4 Å². The van der Waals surface area contributed by atoms with Crippen LogP contribution in [0.15, 0.2) is 109 Å². The number of nitro groups is 1. The number of carbonyl (C=O) groups is 4. The highest BCUT2D eigenvalue weighted by molar-refractivity contribution is 8.31. The molecular formula is C69H87Cl11N12O21S. The predicted molar refractivity (Wildman–Crippen MR) is 453 cm³/mol. The molecule has 0 unspecified atom stereocenters. The third-order valence-electron chi connectivity index (χ3n) is 11.1. The number of hydrogen-bond donors (Lipinski definition) is 7. The molecule has 8 aromatic rings. The molecule has 0 saturated carbocycles. The van der Waals surface area contributed by atoms with Crippen molar-refractivity contribution in [3.05, 3.63) is 159 Å². The number of para-hydroxylation sites is 2. The Morgan fingerprint density at radius 3 is 1.10 bits per heavy atom. The quantitative estimate of drug-likeness (QED) is 0.00577. The number of halogens is 11. The number of carbonyl (C=O) groups excluding carboxylic acids is 5. The molecule has 0 saturated heterocycles. The molecule has 0 radical (unpaired) electrons. The summed E-state index contributed by atoms with van der Waals surface area (Å²) < 4.78 is 72.3. The molecule has 2 heterocycles. The number of ether oxygens (including phenoxy) is 11. The Bertz CT molecular complexity index is 4300. The van der Waals surface area contributed by atoms with Crippen LogP contribution in [0.1, 0.15) is 56.4 Å². The van der Waals surface area contributed by atoms with Gasteiger partial charge in [-0.2, -0.15) is 13.4 Å². The van der Waals surface area contributed by atoms with Crippen molar-refractivity contribution in [2.75, 3.05) is 111 Å². The zero-order valence-corrected chi connectivity index (χ0v) is 71.6. The number of nitrogens with one attached hydrogen (secondary N) is 3. The largest absolute Gasteiger partial charge is 0.497 e. The lowest BCUT2D eigenvalue weighted by atomic mass is 10.2. The van der Waals surface area contributed by atoms with E-state index in [-0.39, 0.29) is 81.3 Å². The lowest BCUT2D eigenvalue weighted by Gasteiger charge is -2.14. The van der Waals surface area contributed by atoms with Crippen LogP contribution in [0.25, 0.3) is 0 Å². The van der Waals surface area contributed by atoms with Gasteiger partial charge in [0.25, 0.3) is 5.69 Å². The minimum absolute atomic E-state index is 0. The first-order chi connectivity index (χ1) is 52.4. The molecule has 114 heavy (non-hydrogen) atoms. The van der Waals surface area contributed by atoms with Gasteiger partial charge in [0.1, 0.15) is 133 Å². The van der Waals surface area contributed by atoms with Crippen molar-refractivity contribution in [2.24, 2.45) is 4.99 Å². The van der Waals surface area contributed by atoms with Crippen molar-refractivity contribution in [3.8, 4) is 57.5 Å². The number of nitrogen functional groups attached to an aromatic ring is 3. The Kier molecular flexibility index (Phi) is 61.6. The normalized spacial score (nSPS) is 9.25. The smallest absolute Gasteiger partial charge is 0.317 e. The van der Waals surface area contributed by atoms with E-state index in [4.69, 9.17) is 183 Å². The summed E-state index contributed by atoms with van der Waals surface area (Å²) in [5.74, 6) is 4.22. The minimum Gasteiger partial charge on any atom is -0.497 e. The number of nitrogens with two attached hydrogens (primary N) is 3. The van der Waals surface area contributed by atoms with Crippen molar-refractivity contribution in [2.45, 2.75) is 62.5 Å². The molecule has 2 amide bonds. The Hall–Kier alpha value is -9.36. The number of benzene rings is 6. The van der Waals surface area contributed by atoms with E-state index in [0.717, 1.165) is 5.82 Å². The molecule has 0 aliphatic rings. The molecule has 2 aromatic heterocycles. The zero-order chi connectivity index (χ0) is 86.7. The van der Waals surface area contributed by atoms with Crippen LogP contribution < -0.4 is 80.5 Å². The number of aromatic nitrogens is 4. The highest BCUT2D eigenvalue weighted by Crippen LogP contribution is 2.47. The van der Waals surface area contributed by atoms with Gasteiger partial charge in [0, 0.05) is 146 Å². The van der Waals surface area contributed by atoms with E-state index >= 15 is 0 Å². The number of methoxy groups -OCH3 is 10. The number of aliphatic hydroxyl groups is 1. The fraction of sp³-hybridized carbons (Fsp3) is 0.290. The van der Waals surface area contributed by atoms with Crippen molar-refractivity contribution in [3.63, 3.8) is 0 Å². The van der Waals surface area contributed by atoms with Crippen LogP contribution in [0.3, 0.4) is 0 Å². The van der Waals surface area contributed by atoms with E-state index in [1.165, 1.54) is 113 Å². The third kappa shape index (κ3) is 49.3. The summed E-state index contributed by atoms with van der Waals surface area (Å²) in [4.78, 5) is 79.4. The van der Waals surface area contributed by atoms with Gasteiger partial charge in [-0.25, -0.2) is 24.7 Å². The highest BCUT2D eigenvalue weighted by atomic mass is 36.0. The topological polar surface area (TPSA) is 462 Å². The van der Waals surface area contributed by atoms with Crippen LogP contribution in [-0.2, 0) is 37.0 Å². The van der Waals surface area contributed by atoms with Crippen molar-refractivity contribution in [1.29, 1.82) is 0 Å². The molecule has 0 aliphatic carbocycles. The fourth-order valence-electron chi connectivity index (χ4n) is 6.64. The summed E-state index contributed by atoms with van der Waals surface area (Å²) in [6, 6.07) is 24.3. The van der Waals surface area contributed by atoms with Gasteiger partial charge in [-0.15, -0.1) is 0 Å². The number of isocyanates is 1. The molecule has 8 rings (SSSR count). The first-order valence-corrected chi connectivity index (χ1v) is 36.6. The van der Waals surface area contributed by atoms with Crippen LogP contribution in [0, 0.1) is 10.1 Å². The summed E-state index contributed by atoms with van der Waals surface area (Å²) in [6.45, 7) is 8.62. The maximum Gasteiger partial charge on any atom is 0.317 e. The monoisotopic (exact) mass is 1840 g/mol. The van der Waals surface area contributed by atoms with Crippen molar-refractivity contribution >= 4 is 210 Å². The standard InChI is InChI=1S/C10H11Cl2NO3.C10H13NO3.C9H7Cl2NO3.C8H9Cl2NO2.C8H11NO2.C6H6N2O2.C5H6ClN3.C4H2Cl2N2.C4H6O3.C3H8O.2CH4.Cl2O2S/c1-5(14)13-10-8(11)6(15-2)4-7(16-3)9(10)12;1-7(12)11-8-4-9(13-2)6-10(5-8)14-3;1-14-5-3-6(15-2)8(11)9(7(5)10)12-4-13;1-12-4-3-5(13-2)7(10)8(11)6(4)9;1-10-7-3-6(9)4-8(5-7)11-2;7-5-3-1-2-4-6(5)8(9)10;1-7-5-2-4(6)8-3-9-5;5-3-1-4(6)8-2-7-3;1-3(5)7-4(2)6;1-3(2)4;;;1-5(2,3)4/h4H,1-3H3,(H,13,14);4-6H,1-3H3,(H,11,12);3H,1-2H3;3H,11H2,1-2H3;3-5H,9H2,1-2H3;1-4H,7H2;2-3H,1H3,(H,7,8,9);1-2H;1-2H3;3-4H,1-2H3;2*1H4;. The summed E-state index contributed by atoms with van der Waals surface area (Å²) in [6.07, 6.45) is 3.92. The van der Waals surface area contributed by atoms with Crippen LogP contribution in [0.4, 0.5) is 45.6 Å². The van der Waals surface area contributed by atoms with Gasteiger partial charge in [0.05, 0.1) is 87.4 Å². The van der Waals surface area contributed by atoms with Gasteiger partial charge in [0.2, 0.25) is 17.9 Å². The SMILES string of the molecule is C.C.CC(=O)OC(C)=O.CC(C)O.CNc1cc(Cl)ncn1.COc1cc(N)cc(OC)c1.COc1cc(NC(C)=O)cc(OC)c1.COc1cc(OC)c(Cl)c(N)c1Cl.COc1cc(OC)c(Cl)c(N=C=O)c1Cl.COc1cc(OC)c(Cl)c(NC(C)=O)c1Cl.Clc1cc(Cl)ncn1.Nc1ccccc1[N+](=O)[O-].O=S(=O)(Cl)Cl. The molecule has 33 nitrogen and oxygen atoms in total. The fourth-order valence-corrected chi connectivity index (χ4v) is 8.82. The number of amides is 2. The van der Waals surface area contributed by atoms with Gasteiger partial charge in [-0.3, -0.25) is 29.3 Å². The maximum absolute atomic E-state index is 11.0. The second-order valence-corrected chi connectivity index (χ2v) is 26.8. The summed E-state index contributed by atoms with van der Waals surface area (Å²) in [5.41, 5.74) is 18.5. The van der Waals surface area contributed by atoms with Gasteiger partial charge >= 0.3 is 20.2 Å². The second-order valence-electron chi connectivity index (χ2n) is 19.7. The average Bonchev–Trinajstić information content (AvgIpc) is 0.818. The molecular weight excluding hydrogens is 1750 g/mol. The minimum atomic E-state index is -3.72. The lowest BCUT2D eigenvalue weighted by molar-refractivity contribution is -0.383. The van der Waals surface area contributed by atoms with Crippen molar-refractivity contribution < 1.29 is 94.5 Å². The Labute approximate surface area is 714 Å². The van der Waals surface area contributed by atoms with Gasteiger partial charge in [-0.05, 0) is 19.9 Å². The number of nitrogens with zero attached hydrogens (tertiary/aromatic N) is 6. The number of hydrogen-bond acceptors (Lipinski definition) is 30. The molecule has 6 aromatic carbocycles. The van der Waals surface area contributed by atoms with E-state index in [1.54, 1.807) is 116 Å². The molecule has 0 spiro atoms. The van der Waals surface area contributed by atoms with E-state index in [9.17, 15) is 34.1 Å². The molecule has 0 aliphatic heterocycles. The van der Waals surface area contributed by atoms with E-state index in [2.05, 4.69) is 67.0 Å². The van der Waals surface area contributed by atoms with Crippen LogP contribution >= 0.6 is 126 Å². The molecule has 0 bridgehead atoms. The lowest BCUT2D eigenvalue weighted by Crippen LogP contribution is -2.08. The van der Waals surface area contributed by atoms with Gasteiger partial charge < -0.3 is 90.4 Å². The number of nitro benzene ring substituents is 1. The number of aliphatic imine (C=N–C) groups is 1. The number of rotatable bonds is 15. The number of aliphatic hydroxyl groups excluding tert-OH is 1. The van der Waals surface area contributed by atoms with Crippen molar-refractivity contribution in [1.82, 2.24) is 19.9 Å². The predicted octanol–water partition coefficient (Wildman–Crippen LogP) is 18.1. The molecule has 0 fully saturated rings. The summed E-state index contributed by atoms with van der Waals surface area (Å²) in [7, 11) is 21.7. The summed E-state index contributed by atoms with van der Waals surface area (Å²) in [5, 5.41) is 28.8. The van der Waals surface area contributed by atoms with Gasteiger partial charge in [0.15, 0.2) is 0 Å². The van der Waals surface area contributed by atoms with E-state index in [1.807, 2.05) is 0 Å². The number of anilines is 6. The van der Waals surface area contributed by atoms with Crippen LogP contribution in [0.2, 0.25) is 45.6 Å². The Morgan fingerprint density at radius 1 is 0.518 bits per heavy atom. The highest BCUT2D eigenvalue weighted by Gasteiger charge is 2.19. The zero-order valence-electron chi connectivity index (χ0n) is 62.5. The Balaban J connectivity index is -0.000000388. The van der Waals surface area contributed by atoms with Gasteiger partial charge in [-0.1, -0.05) is 131 Å². The second kappa shape index (κ2) is 62.1. The third-order valence-corrected chi connectivity index (χ3v) is 14.0. The molecule has 0 atom stereocenters. The maximum atomic E-state index is 11.0. The Morgan fingerprint density at radius 2 is 0.842 bits per heavy atom. The first-order valence-electron chi connectivity index (χ1n) is 30.1. The molecule has 632 valence electrons.